The zero-order valence-electron chi connectivity index (χ0n) is 17.2. The van der Waals surface area contributed by atoms with Crippen molar-refractivity contribution in [2.45, 2.75) is 65.5 Å². The smallest absolute Gasteiger partial charge is 0.255 e. The Kier molecular flexibility index (Phi) is 6.59. The van der Waals surface area contributed by atoms with Crippen molar-refractivity contribution in [2.75, 3.05) is 13.1 Å². The number of aromatic nitrogens is 1. The lowest BCUT2D eigenvalue weighted by Gasteiger charge is -2.38. The average Bonchev–Trinajstić information content (AvgIpc) is 2.61. The number of ether oxygens (including phenoxy) is 1. The van der Waals surface area contributed by atoms with Gasteiger partial charge in [0, 0.05) is 30.7 Å². The van der Waals surface area contributed by atoms with Gasteiger partial charge in [0.2, 0.25) is 0 Å². The van der Waals surface area contributed by atoms with E-state index >= 15 is 0 Å². The molecule has 0 saturated heterocycles. The highest BCUT2D eigenvalue weighted by Crippen LogP contribution is 2.28. The van der Waals surface area contributed by atoms with E-state index in [0.29, 0.717) is 23.3 Å². The van der Waals surface area contributed by atoms with Crippen LogP contribution in [0.3, 0.4) is 0 Å². The number of pyridine rings is 1. The Bertz CT molecular complexity index is 778. The molecule has 1 aliphatic rings. The summed E-state index contributed by atoms with van der Waals surface area (Å²) < 4.78 is 6.26. The molecule has 27 heavy (non-hydrogen) atoms. The quantitative estimate of drug-likeness (QED) is 0.759. The zero-order chi connectivity index (χ0) is 19.4. The third-order valence-corrected chi connectivity index (χ3v) is 5.41. The van der Waals surface area contributed by atoms with E-state index < -0.39 is 0 Å². The van der Waals surface area contributed by atoms with E-state index in [1.165, 1.54) is 25.9 Å². The van der Waals surface area contributed by atoms with Crippen LogP contribution in [0.1, 0.15) is 53.4 Å². The summed E-state index contributed by atoms with van der Waals surface area (Å²) in [5.41, 5.74) is -0.0463. The predicted molar refractivity (Wildman–Crippen MR) is 112 cm³/mol. The lowest BCUT2D eigenvalue weighted by molar-refractivity contribution is 0.0745. The summed E-state index contributed by atoms with van der Waals surface area (Å²) in [6, 6.07) is 8.39. The van der Waals surface area contributed by atoms with Gasteiger partial charge >= 0.3 is 0 Å². The predicted octanol–water partition coefficient (Wildman–Crippen LogP) is 4.83. The Hall–Kier alpha value is -1.81. The molecule has 0 bridgehead atoms. The molecule has 1 N–H and O–H groups in total. The maximum atomic E-state index is 11.8. The molecule has 2 aromatic rings. The van der Waals surface area contributed by atoms with Crippen molar-refractivity contribution in [3.8, 4) is 5.75 Å². The van der Waals surface area contributed by atoms with E-state index in [-0.39, 0.29) is 11.7 Å². The van der Waals surface area contributed by atoms with Gasteiger partial charge in [0.05, 0.1) is 6.10 Å². The van der Waals surface area contributed by atoms with Gasteiger partial charge < -0.3 is 9.72 Å². The van der Waals surface area contributed by atoms with Gasteiger partial charge in [0.25, 0.3) is 5.56 Å². The van der Waals surface area contributed by atoms with Gasteiger partial charge in [-0.3, -0.25) is 9.69 Å². The molecule has 0 unspecified atom stereocenters. The normalized spacial score (nSPS) is 20.7. The molecular weight excluding hydrogens is 336 g/mol. The van der Waals surface area contributed by atoms with Crippen LogP contribution >= 0.6 is 0 Å². The van der Waals surface area contributed by atoms with Crippen LogP contribution in [-0.2, 0) is 0 Å². The number of nitrogens with one attached hydrogen (secondary N) is 1. The van der Waals surface area contributed by atoms with Crippen LogP contribution in [0.4, 0.5) is 0 Å². The van der Waals surface area contributed by atoms with Gasteiger partial charge in [-0.15, -0.1) is 0 Å². The van der Waals surface area contributed by atoms with Crippen molar-refractivity contribution in [1.82, 2.24) is 9.88 Å². The molecule has 0 amide bonds. The molecule has 0 aliphatic heterocycles. The van der Waals surface area contributed by atoms with Crippen molar-refractivity contribution >= 4 is 10.8 Å². The number of rotatable bonds is 7. The van der Waals surface area contributed by atoms with Gasteiger partial charge in [-0.05, 0) is 67.2 Å². The summed E-state index contributed by atoms with van der Waals surface area (Å²) in [5.74, 6) is 2.29. The first kappa shape index (κ1) is 19.9. The largest absolute Gasteiger partial charge is 0.490 e. The number of H-pyrrole nitrogens is 1. The lowest BCUT2D eigenvalue weighted by atomic mass is 9.90. The minimum absolute atomic E-state index is 0.0463. The molecule has 148 valence electrons. The fourth-order valence-corrected chi connectivity index (χ4v) is 4.28. The molecule has 0 atom stereocenters. The Morgan fingerprint density at radius 3 is 2.33 bits per heavy atom. The first-order chi connectivity index (χ1) is 12.9. The van der Waals surface area contributed by atoms with Gasteiger partial charge in [0.15, 0.2) is 0 Å². The van der Waals surface area contributed by atoms with E-state index in [2.05, 4.69) is 37.6 Å². The fraction of sp³-hybridized carbons (Fsp3) is 0.609. The minimum atomic E-state index is -0.0463. The third-order valence-electron chi connectivity index (χ3n) is 5.41. The number of benzene rings is 1. The van der Waals surface area contributed by atoms with Gasteiger partial charge in [-0.25, -0.2) is 0 Å². The van der Waals surface area contributed by atoms with Crippen LogP contribution in [0.15, 0.2) is 35.3 Å². The Morgan fingerprint density at radius 1 is 1.04 bits per heavy atom. The molecular formula is C23H34N2O2. The van der Waals surface area contributed by atoms with Crippen molar-refractivity contribution in [1.29, 1.82) is 0 Å². The van der Waals surface area contributed by atoms with Crippen LogP contribution in [0.2, 0.25) is 0 Å². The van der Waals surface area contributed by atoms with E-state index in [4.69, 9.17) is 4.74 Å². The van der Waals surface area contributed by atoms with Crippen molar-refractivity contribution in [3.63, 3.8) is 0 Å². The van der Waals surface area contributed by atoms with Crippen molar-refractivity contribution in [3.05, 3.63) is 40.8 Å². The molecule has 1 saturated carbocycles. The van der Waals surface area contributed by atoms with Crippen LogP contribution in [0, 0.1) is 11.8 Å². The summed E-state index contributed by atoms with van der Waals surface area (Å²) in [4.78, 5) is 17.2. The Balaban J connectivity index is 1.59. The summed E-state index contributed by atoms with van der Waals surface area (Å²) in [6.45, 7) is 11.6. The van der Waals surface area contributed by atoms with E-state index in [9.17, 15) is 4.79 Å². The lowest BCUT2D eigenvalue weighted by Crippen LogP contribution is -2.43. The third kappa shape index (κ3) is 5.35. The van der Waals surface area contributed by atoms with Crippen LogP contribution in [0.5, 0.6) is 5.75 Å². The average molecular weight is 371 g/mol. The zero-order valence-corrected chi connectivity index (χ0v) is 17.2. The topological polar surface area (TPSA) is 45.3 Å². The van der Waals surface area contributed by atoms with E-state index in [0.717, 1.165) is 24.0 Å². The van der Waals surface area contributed by atoms with Crippen LogP contribution in [0.25, 0.3) is 10.8 Å². The van der Waals surface area contributed by atoms with Crippen LogP contribution < -0.4 is 10.3 Å². The Morgan fingerprint density at radius 2 is 1.70 bits per heavy atom. The number of fused-ring (bicyclic) bond motifs is 1. The summed E-state index contributed by atoms with van der Waals surface area (Å²) in [5, 5.41) is 1.65. The Labute approximate surface area is 162 Å². The summed E-state index contributed by atoms with van der Waals surface area (Å²) >= 11 is 0. The number of aromatic amines is 1. The van der Waals surface area contributed by atoms with Gasteiger partial charge in [-0.2, -0.15) is 0 Å². The maximum Gasteiger partial charge on any atom is 0.255 e. The van der Waals surface area contributed by atoms with E-state index in [1.807, 2.05) is 24.3 Å². The second kappa shape index (κ2) is 8.92. The second-order valence-electron chi connectivity index (χ2n) is 8.85. The highest BCUT2D eigenvalue weighted by atomic mass is 16.5. The molecule has 1 heterocycles. The molecule has 4 heteroatoms. The first-order valence-electron chi connectivity index (χ1n) is 10.4. The minimum Gasteiger partial charge on any atom is -0.490 e. The molecule has 0 radical (unpaired) electrons. The molecule has 1 fully saturated rings. The monoisotopic (exact) mass is 370 g/mol. The van der Waals surface area contributed by atoms with Gasteiger partial charge in [0.1, 0.15) is 5.75 Å². The van der Waals surface area contributed by atoms with Crippen LogP contribution in [-0.4, -0.2) is 35.1 Å². The van der Waals surface area contributed by atoms with Gasteiger partial charge in [-0.1, -0.05) is 27.7 Å². The molecule has 1 aromatic heterocycles. The molecule has 1 aliphatic carbocycles. The number of hydrogen-bond acceptors (Lipinski definition) is 3. The highest BCUT2D eigenvalue weighted by molar-refractivity contribution is 5.82. The number of hydrogen-bond donors (Lipinski definition) is 1. The summed E-state index contributed by atoms with van der Waals surface area (Å²) in [7, 11) is 0. The molecule has 3 rings (SSSR count). The molecule has 4 nitrogen and oxygen atoms in total. The first-order valence-corrected chi connectivity index (χ1v) is 10.4. The van der Waals surface area contributed by atoms with Crippen molar-refractivity contribution < 1.29 is 4.74 Å². The summed E-state index contributed by atoms with van der Waals surface area (Å²) in [6.07, 6.45) is 6.59. The maximum absolute atomic E-state index is 11.8. The fourth-order valence-electron chi connectivity index (χ4n) is 4.28. The second-order valence-corrected chi connectivity index (χ2v) is 8.85. The van der Waals surface area contributed by atoms with E-state index in [1.54, 1.807) is 6.20 Å². The molecule has 0 spiro atoms. The standard InChI is InChI=1S/C23H34N2O2/c1-16(2)14-25(15-17(3)4)19-5-7-20(8-6-19)27-21-9-10-22-18(13-21)11-12-24-23(22)26/h9-13,16-17,19-20H,5-8,14-15H2,1-4H3,(H,24,26)/t19-,20-. The number of nitrogens with zero attached hydrogens (tertiary/aromatic N) is 1. The molecule has 1 aromatic carbocycles. The SMILES string of the molecule is CC(C)CN(CC(C)C)[C@H]1CC[C@H](Oc2ccc3c(=O)[nH]ccc3c2)CC1. The van der Waals surface area contributed by atoms with Crippen molar-refractivity contribution in [2.24, 2.45) is 11.8 Å². The highest BCUT2D eigenvalue weighted by Gasteiger charge is 2.27.